The van der Waals surface area contributed by atoms with Crippen molar-refractivity contribution >= 4 is 35.1 Å². The molecule has 0 bridgehead atoms. The number of thiazole rings is 1. The number of epoxide rings is 1. The molecule has 42 heavy (non-hydrogen) atoms. The summed E-state index contributed by atoms with van der Waals surface area (Å²) in [5.41, 5.74) is -0.620. The molecular formula is C32H45NO8S. The smallest absolute Gasteiger partial charge is 0.330 e. The van der Waals surface area contributed by atoms with Gasteiger partial charge >= 0.3 is 11.9 Å². The summed E-state index contributed by atoms with van der Waals surface area (Å²) >= 11 is 1.51. The lowest BCUT2D eigenvalue weighted by Gasteiger charge is -2.36. The number of cyclic esters (lactones) is 1. The molecule has 8 atom stereocenters. The average molecular weight is 604 g/mol. The predicted molar refractivity (Wildman–Crippen MR) is 160 cm³/mol. The minimum atomic E-state index is -1.35. The number of aliphatic hydroxyl groups is 2. The molecule has 232 valence electrons. The van der Waals surface area contributed by atoms with E-state index >= 15 is 0 Å². The Morgan fingerprint density at radius 2 is 2.00 bits per heavy atom. The molecule has 0 radical (unpaired) electrons. The Kier molecular flexibility index (Phi) is 11.4. The van der Waals surface area contributed by atoms with Gasteiger partial charge in [0.1, 0.15) is 24.1 Å². The summed E-state index contributed by atoms with van der Waals surface area (Å²) in [7, 11) is 0. The molecule has 1 aromatic rings. The van der Waals surface area contributed by atoms with Gasteiger partial charge in [-0.2, -0.15) is 0 Å². The highest BCUT2D eigenvalue weighted by Crippen LogP contribution is 2.46. The quantitative estimate of drug-likeness (QED) is 0.196. The number of aliphatic hydroxyl groups excluding tert-OH is 2. The number of ketones is 1. The number of Topliss-reactive ketones (excluding diaryl/α,β-unsaturated/α-hetero) is 1. The Morgan fingerprint density at radius 1 is 1.29 bits per heavy atom. The predicted octanol–water partition coefficient (Wildman–Crippen LogP) is 4.74. The van der Waals surface area contributed by atoms with Crippen molar-refractivity contribution in [1.82, 2.24) is 4.98 Å². The normalized spacial score (nSPS) is 35.1. The molecule has 2 fully saturated rings. The first-order chi connectivity index (χ1) is 19.8. The third-order valence-electron chi connectivity index (χ3n) is 8.75. The van der Waals surface area contributed by atoms with Gasteiger partial charge in [0.25, 0.3) is 0 Å². The minimum Gasteiger partial charge on any atom is -0.459 e. The van der Waals surface area contributed by atoms with Crippen LogP contribution in [0, 0.1) is 24.2 Å². The van der Waals surface area contributed by atoms with Gasteiger partial charge in [0.2, 0.25) is 0 Å². The van der Waals surface area contributed by atoms with Crippen LogP contribution in [0.3, 0.4) is 0 Å². The van der Waals surface area contributed by atoms with Gasteiger partial charge in [-0.05, 0) is 64.0 Å². The second-order valence-corrected chi connectivity index (χ2v) is 13.1. The van der Waals surface area contributed by atoms with Crippen molar-refractivity contribution in [3.8, 4) is 0 Å². The highest BCUT2D eigenvalue weighted by Gasteiger charge is 2.58. The first kappa shape index (κ1) is 33.8. The van der Waals surface area contributed by atoms with Crippen LogP contribution in [-0.4, -0.2) is 69.5 Å². The Bertz CT molecular complexity index is 1190. The first-order valence-corrected chi connectivity index (χ1v) is 15.4. The lowest BCUT2D eigenvalue weighted by atomic mass is 9.69. The van der Waals surface area contributed by atoms with Crippen LogP contribution in [0.1, 0.15) is 76.9 Å². The van der Waals surface area contributed by atoms with Crippen LogP contribution in [0.2, 0.25) is 0 Å². The molecule has 1 aromatic heterocycles. The number of rotatable bonds is 7. The summed E-state index contributed by atoms with van der Waals surface area (Å²) in [6.45, 7) is 16.1. The lowest BCUT2D eigenvalue weighted by molar-refractivity contribution is -0.155. The number of carbonyl (C=O) groups is 3. The van der Waals surface area contributed by atoms with Gasteiger partial charge in [-0.15, -0.1) is 17.9 Å². The standard InChI is InChI=1S/C32H45NO8S/c1-8-12-31(7)25(34)16-28(36)40-24(20(4)14-23-17-42-22(6)33-23)15-26-32(41-26,18-39-27(35)9-2)13-10-11-19(3)29(37)21(5)30(31)38/h8-9,14,17,19,21,24-26,29,34,37H,1-2,10-13,15-16,18H2,3-7H3/b20-14+/t19-,21+,24-,25-,26+,29-,31+,32+/m0/s1. The van der Waals surface area contributed by atoms with E-state index in [1.54, 1.807) is 19.9 Å². The largest absolute Gasteiger partial charge is 0.459 e. The van der Waals surface area contributed by atoms with Crippen LogP contribution in [0.4, 0.5) is 0 Å². The number of hydrogen-bond donors (Lipinski definition) is 2. The summed E-state index contributed by atoms with van der Waals surface area (Å²) < 4.78 is 17.5. The van der Waals surface area contributed by atoms with Gasteiger partial charge in [0.05, 0.1) is 40.8 Å². The van der Waals surface area contributed by atoms with Crippen LogP contribution < -0.4 is 0 Å². The molecule has 3 rings (SSSR count). The van der Waals surface area contributed by atoms with E-state index in [2.05, 4.69) is 18.1 Å². The van der Waals surface area contributed by atoms with Crippen LogP contribution in [0.25, 0.3) is 6.08 Å². The molecule has 2 saturated heterocycles. The maximum Gasteiger partial charge on any atom is 0.330 e. The van der Waals surface area contributed by atoms with Gasteiger partial charge < -0.3 is 24.4 Å². The Labute approximate surface area is 252 Å². The van der Waals surface area contributed by atoms with Crippen molar-refractivity contribution in [2.75, 3.05) is 6.61 Å². The van der Waals surface area contributed by atoms with Crippen molar-refractivity contribution in [2.45, 2.75) is 103 Å². The number of aromatic nitrogens is 1. The zero-order valence-electron chi connectivity index (χ0n) is 25.3. The molecule has 3 heterocycles. The van der Waals surface area contributed by atoms with Gasteiger partial charge in [-0.25, -0.2) is 9.78 Å². The van der Waals surface area contributed by atoms with E-state index in [4.69, 9.17) is 14.2 Å². The zero-order valence-corrected chi connectivity index (χ0v) is 26.2. The van der Waals surface area contributed by atoms with Crippen LogP contribution in [0.5, 0.6) is 0 Å². The molecule has 0 spiro atoms. The topological polar surface area (TPSA) is 136 Å². The lowest BCUT2D eigenvalue weighted by Crippen LogP contribution is -2.47. The number of hydrogen-bond acceptors (Lipinski definition) is 10. The van der Waals surface area contributed by atoms with E-state index in [0.29, 0.717) is 25.7 Å². The second-order valence-electron chi connectivity index (χ2n) is 12.0. The van der Waals surface area contributed by atoms with Crippen LogP contribution >= 0.6 is 11.3 Å². The molecular weight excluding hydrogens is 558 g/mol. The van der Waals surface area contributed by atoms with E-state index in [9.17, 15) is 24.6 Å². The van der Waals surface area contributed by atoms with Crippen LogP contribution in [-0.2, 0) is 28.6 Å². The zero-order chi connectivity index (χ0) is 31.2. The molecule has 0 amide bonds. The average Bonchev–Trinajstić information content (AvgIpc) is 3.46. The SMILES string of the molecule is C=CC[C@@]1(C)C(=O)[C@H](C)[C@@H](O)[C@@H](C)CCC[C@]2(COC(=O)C=C)O[C@@H]2C[C@@H](/C(C)=C/c2csc(C)n2)OC(=O)C[C@@H]1O. The molecule has 9 nitrogen and oxygen atoms in total. The monoisotopic (exact) mass is 603 g/mol. The number of ether oxygens (including phenoxy) is 3. The third kappa shape index (κ3) is 8.03. The maximum absolute atomic E-state index is 13.7. The number of nitrogens with zero attached hydrogens (tertiary/aromatic N) is 1. The number of allylic oxidation sites excluding steroid dienone is 1. The highest BCUT2D eigenvalue weighted by molar-refractivity contribution is 7.09. The van der Waals surface area contributed by atoms with Crippen molar-refractivity contribution < 1.29 is 38.8 Å². The van der Waals surface area contributed by atoms with Crippen molar-refractivity contribution in [2.24, 2.45) is 17.3 Å². The summed E-state index contributed by atoms with van der Waals surface area (Å²) in [4.78, 5) is 43.3. The van der Waals surface area contributed by atoms with Crippen molar-refractivity contribution in [1.29, 1.82) is 0 Å². The maximum atomic E-state index is 13.7. The number of esters is 2. The van der Waals surface area contributed by atoms with E-state index < -0.39 is 53.6 Å². The first-order valence-electron chi connectivity index (χ1n) is 14.5. The van der Waals surface area contributed by atoms with Gasteiger partial charge in [0, 0.05) is 23.8 Å². The molecule has 0 aliphatic carbocycles. The summed E-state index contributed by atoms with van der Waals surface area (Å²) in [6.07, 6.45) is 2.94. The van der Waals surface area contributed by atoms with Crippen LogP contribution in [0.15, 0.2) is 36.3 Å². The summed E-state index contributed by atoms with van der Waals surface area (Å²) in [5, 5.41) is 25.1. The van der Waals surface area contributed by atoms with E-state index in [1.165, 1.54) is 11.3 Å². The Hall–Kier alpha value is -2.66. The molecule has 2 aliphatic rings. The fraction of sp³-hybridized carbons (Fsp3) is 0.625. The Balaban J connectivity index is 1.96. The molecule has 0 unspecified atom stereocenters. The third-order valence-corrected chi connectivity index (χ3v) is 9.54. The molecule has 0 saturated carbocycles. The molecule has 2 aliphatic heterocycles. The van der Waals surface area contributed by atoms with Crippen molar-refractivity contribution in [3.05, 3.63) is 47.0 Å². The van der Waals surface area contributed by atoms with E-state index in [-0.39, 0.29) is 30.8 Å². The molecule has 10 heteroatoms. The number of aryl methyl sites for hydroxylation is 1. The van der Waals surface area contributed by atoms with E-state index in [1.807, 2.05) is 32.2 Å². The van der Waals surface area contributed by atoms with Gasteiger partial charge in [-0.1, -0.05) is 26.5 Å². The van der Waals surface area contributed by atoms with Crippen molar-refractivity contribution in [3.63, 3.8) is 0 Å². The summed E-state index contributed by atoms with van der Waals surface area (Å²) in [5.74, 6) is -2.57. The van der Waals surface area contributed by atoms with Gasteiger partial charge in [-0.3, -0.25) is 9.59 Å². The number of carbonyl (C=O) groups excluding carboxylic acids is 3. The second kappa shape index (κ2) is 14.2. The molecule has 2 N–H and O–H groups in total. The summed E-state index contributed by atoms with van der Waals surface area (Å²) in [6, 6.07) is 0. The fourth-order valence-electron chi connectivity index (χ4n) is 5.83. The van der Waals surface area contributed by atoms with Gasteiger partial charge in [0.15, 0.2) is 0 Å². The highest BCUT2D eigenvalue weighted by atomic mass is 32.1. The minimum absolute atomic E-state index is 0.0156. The van der Waals surface area contributed by atoms with E-state index in [0.717, 1.165) is 22.4 Å². The molecule has 0 aromatic carbocycles. The number of fused-ring (bicyclic) bond motifs is 1. The Morgan fingerprint density at radius 3 is 2.62 bits per heavy atom. The fourth-order valence-corrected chi connectivity index (χ4v) is 6.40.